The topological polar surface area (TPSA) is 34.8 Å². The minimum Gasteiger partial charge on any atom is -0.437 e. The van der Waals surface area contributed by atoms with E-state index in [-0.39, 0.29) is 0 Å². The van der Waals surface area contributed by atoms with Crippen molar-refractivity contribution in [2.24, 2.45) is 7.05 Å². The van der Waals surface area contributed by atoms with Crippen LogP contribution in [0.5, 0.6) is 0 Å². The number of para-hydroxylation sites is 3. The second-order valence-corrected chi connectivity index (χ2v) is 8.44. The van der Waals surface area contributed by atoms with Crippen LogP contribution in [0.3, 0.4) is 0 Å². The van der Waals surface area contributed by atoms with Crippen LogP contribution < -0.4 is 4.57 Å². The number of hydrogen-bond acceptors (Lipinski definition) is 2. The summed E-state index contributed by atoms with van der Waals surface area (Å²) in [7, 11) is 2.00. The van der Waals surface area contributed by atoms with Gasteiger partial charge >= 0.3 is 0 Å². The number of hydrogen-bond donors (Lipinski definition) is 0. The molecule has 1 atom stereocenters. The molecule has 3 heterocycles. The average Bonchev–Trinajstić information content (AvgIpc) is 3.39. The van der Waals surface area contributed by atoms with E-state index in [2.05, 4.69) is 26.3 Å². The molecule has 0 saturated carbocycles. The van der Waals surface area contributed by atoms with E-state index in [1.807, 2.05) is 62.5 Å². The van der Waals surface area contributed by atoms with Crippen LogP contribution in [0.25, 0.3) is 50.2 Å². The monoisotopic (exact) mass is 436 g/mol. The van der Waals surface area contributed by atoms with Gasteiger partial charge in [-0.3, -0.25) is 0 Å². The van der Waals surface area contributed by atoms with Crippen molar-refractivity contribution >= 4 is 33.1 Å². The number of furan rings is 1. The molecule has 1 unspecified atom stereocenters. The minimum absolute atomic E-state index is 0.425. The lowest BCUT2D eigenvalue weighted by molar-refractivity contribution is -0.633. The summed E-state index contributed by atoms with van der Waals surface area (Å²) in [5.41, 5.74) is 6.13. The number of aromatic nitrogens is 3. The van der Waals surface area contributed by atoms with Gasteiger partial charge in [-0.25, -0.2) is 9.55 Å². The molecule has 162 valence electrons. The summed E-state index contributed by atoms with van der Waals surface area (Å²) in [5, 5.41) is 1.90. The van der Waals surface area contributed by atoms with Crippen LogP contribution in [0, 0.1) is 6.92 Å². The zero-order valence-electron chi connectivity index (χ0n) is 22.8. The van der Waals surface area contributed by atoms with Crippen LogP contribution in [0.1, 0.15) is 36.3 Å². The molecule has 0 aliphatic carbocycles. The molecule has 4 nitrogen and oxygen atoms in total. The number of benzene rings is 3. The number of rotatable bonds is 3. The Morgan fingerprint density at radius 3 is 2.70 bits per heavy atom. The van der Waals surface area contributed by atoms with Crippen LogP contribution in [0.15, 0.2) is 83.4 Å². The molecule has 0 aliphatic heterocycles. The predicted octanol–water partition coefficient (Wildman–Crippen LogP) is 6.85. The fourth-order valence-corrected chi connectivity index (χ4v) is 4.88. The minimum atomic E-state index is -2.52. The Hall–Kier alpha value is -3.92. The number of nitrogens with zero attached hydrogens (tertiary/aromatic N) is 3. The van der Waals surface area contributed by atoms with E-state index in [1.54, 1.807) is 18.3 Å². The van der Waals surface area contributed by atoms with Crippen molar-refractivity contribution in [3.05, 3.63) is 90.1 Å². The summed E-state index contributed by atoms with van der Waals surface area (Å²) >= 11 is 0. The van der Waals surface area contributed by atoms with Crippen molar-refractivity contribution in [3.8, 4) is 17.1 Å². The molecule has 33 heavy (non-hydrogen) atoms. The quantitative estimate of drug-likeness (QED) is 0.284. The molecule has 6 aromatic rings. The first-order valence-electron chi connectivity index (χ1n) is 13.0. The zero-order valence-corrected chi connectivity index (χ0v) is 18.8. The molecule has 0 N–H and O–H groups in total. The van der Waals surface area contributed by atoms with Gasteiger partial charge in [0, 0.05) is 28.0 Å². The van der Waals surface area contributed by atoms with E-state index < -0.39 is 12.7 Å². The lowest BCUT2D eigenvalue weighted by atomic mass is 10.00. The van der Waals surface area contributed by atoms with Gasteiger partial charge in [0.25, 0.3) is 5.82 Å². The number of fused-ring (bicyclic) bond motifs is 4. The first-order valence-corrected chi connectivity index (χ1v) is 11.0. The van der Waals surface area contributed by atoms with Crippen LogP contribution in [0.4, 0.5) is 0 Å². The molecule has 0 aliphatic rings. The van der Waals surface area contributed by atoms with E-state index in [0.29, 0.717) is 17.0 Å². The second kappa shape index (κ2) is 7.31. The highest BCUT2D eigenvalue weighted by Gasteiger charge is 2.31. The van der Waals surface area contributed by atoms with Crippen molar-refractivity contribution in [2.75, 3.05) is 0 Å². The summed E-state index contributed by atoms with van der Waals surface area (Å²) in [6.07, 6.45) is 1.72. The maximum Gasteiger partial charge on any atom is 0.298 e. The molecule has 0 amide bonds. The molecule has 0 fully saturated rings. The first kappa shape index (κ1) is 15.8. The Morgan fingerprint density at radius 1 is 1.00 bits per heavy atom. The van der Waals surface area contributed by atoms with Gasteiger partial charge in [0.05, 0.1) is 7.05 Å². The highest BCUT2D eigenvalue weighted by molar-refractivity contribution is 6.08. The maximum atomic E-state index is 8.94. The van der Waals surface area contributed by atoms with E-state index in [0.717, 1.165) is 44.3 Å². The fraction of sp³-hybridized carbons (Fsp3) is 0.172. The molecule has 6 rings (SSSR count). The largest absolute Gasteiger partial charge is 0.437 e. The Kier molecular flexibility index (Phi) is 3.50. The zero-order chi connectivity index (χ0) is 26.1. The third-order valence-corrected chi connectivity index (χ3v) is 6.41. The highest BCUT2D eigenvalue weighted by atomic mass is 16.3. The van der Waals surface area contributed by atoms with Crippen LogP contribution in [-0.2, 0) is 7.05 Å². The lowest BCUT2D eigenvalue weighted by Gasteiger charge is -2.12. The summed E-state index contributed by atoms with van der Waals surface area (Å²) in [6.45, 7) is 0.982. The van der Waals surface area contributed by atoms with Crippen LogP contribution >= 0.6 is 0 Å². The van der Waals surface area contributed by atoms with Gasteiger partial charge in [-0.05, 0) is 48.7 Å². The van der Waals surface area contributed by atoms with Gasteiger partial charge in [-0.1, -0.05) is 56.2 Å². The van der Waals surface area contributed by atoms with Crippen molar-refractivity contribution < 1.29 is 14.5 Å². The SMILES string of the molecule is [2H]C([2H])([2H])C([2H])(C)c1ccccc1-n1c(-c2c(C)ccc3c2oc2ncccc23)[n+](C)c2ccccc21. The maximum absolute atomic E-state index is 8.94. The van der Waals surface area contributed by atoms with Gasteiger partial charge in [0.1, 0.15) is 11.3 Å². The Labute approximate surface area is 198 Å². The molecule has 3 aromatic heterocycles. The molecule has 3 aromatic carbocycles. The molecule has 0 radical (unpaired) electrons. The number of pyridine rings is 1. The fourth-order valence-electron chi connectivity index (χ4n) is 4.88. The van der Waals surface area contributed by atoms with Crippen molar-refractivity contribution in [2.45, 2.75) is 26.6 Å². The van der Waals surface area contributed by atoms with E-state index >= 15 is 0 Å². The standard InChI is InChI=1S/C29H26N3O/c1-18(2)20-10-5-6-12-23(20)32-25-14-8-7-13-24(25)31(4)29(32)26-19(3)15-16-21-22-11-9-17-30-28(22)33-27(21)26/h5-18H,1-4H3/q+1/i1D3,18D. The Morgan fingerprint density at radius 2 is 1.82 bits per heavy atom. The Balaban J connectivity index is 1.79. The molecular formula is C29H26N3O+. The number of aryl methyl sites for hydroxylation is 2. The van der Waals surface area contributed by atoms with Gasteiger partial charge in [0.2, 0.25) is 5.71 Å². The third kappa shape index (κ3) is 2.83. The smallest absolute Gasteiger partial charge is 0.298 e. The second-order valence-electron chi connectivity index (χ2n) is 8.44. The van der Waals surface area contributed by atoms with E-state index in [4.69, 9.17) is 9.90 Å². The van der Waals surface area contributed by atoms with Crippen molar-refractivity contribution in [1.82, 2.24) is 9.55 Å². The Bertz CT molecular complexity index is 1830. The van der Waals surface area contributed by atoms with Crippen molar-refractivity contribution in [1.29, 1.82) is 0 Å². The molecule has 4 heteroatoms. The summed E-state index contributed by atoms with van der Waals surface area (Å²) < 4.78 is 43.8. The highest BCUT2D eigenvalue weighted by Crippen LogP contribution is 2.39. The number of imidazole rings is 1. The van der Waals surface area contributed by atoms with E-state index in [9.17, 15) is 0 Å². The lowest BCUT2D eigenvalue weighted by Crippen LogP contribution is -2.30. The van der Waals surface area contributed by atoms with Crippen molar-refractivity contribution in [3.63, 3.8) is 0 Å². The first-order chi connectivity index (χ1) is 17.6. The molecule has 0 bridgehead atoms. The summed E-state index contributed by atoms with van der Waals surface area (Å²) in [6, 6.07) is 23.3. The average molecular weight is 437 g/mol. The predicted molar refractivity (Wildman–Crippen MR) is 134 cm³/mol. The summed E-state index contributed by atoms with van der Waals surface area (Å²) in [5.74, 6) is -0.994. The van der Waals surface area contributed by atoms with Gasteiger partial charge in [-0.2, -0.15) is 4.57 Å². The normalized spacial score (nSPS) is 15.8. The van der Waals surface area contributed by atoms with Gasteiger partial charge in [-0.15, -0.1) is 0 Å². The molecular weight excluding hydrogens is 406 g/mol. The van der Waals surface area contributed by atoms with Gasteiger partial charge < -0.3 is 4.42 Å². The van der Waals surface area contributed by atoms with Gasteiger partial charge in [0.15, 0.2) is 16.6 Å². The molecule has 0 saturated heterocycles. The van der Waals surface area contributed by atoms with E-state index in [1.165, 1.54) is 6.92 Å². The van der Waals surface area contributed by atoms with Crippen LogP contribution in [-0.4, -0.2) is 9.55 Å². The van der Waals surface area contributed by atoms with Crippen LogP contribution in [0.2, 0.25) is 0 Å². The molecule has 0 spiro atoms. The third-order valence-electron chi connectivity index (χ3n) is 6.41. The summed E-state index contributed by atoms with van der Waals surface area (Å²) in [4.78, 5) is 4.43.